The molecule has 5 aromatic rings. The molecule has 0 fully saturated rings. The highest BCUT2D eigenvalue weighted by Crippen LogP contribution is 2.42. The molecule has 0 amide bonds. The molecule has 2 aromatic heterocycles. The molecule has 2 radical (unpaired) electrons. The lowest BCUT2D eigenvalue weighted by atomic mass is 10.0. The molecule has 0 saturated carbocycles. The number of hydrogen-bond donors (Lipinski definition) is 0. The zero-order valence-electron chi connectivity index (χ0n) is 18.8. The molecule has 5 rings (SSSR count). The first kappa shape index (κ1) is 21.5. The smallest absolute Gasteiger partial charge is 0.0556 e. The molecule has 0 unspecified atom stereocenters. The summed E-state index contributed by atoms with van der Waals surface area (Å²) in [6.45, 7) is 9.27. The molecule has 156 valence electrons. The van der Waals surface area contributed by atoms with E-state index in [1.807, 2.05) is 22.7 Å². The lowest BCUT2D eigenvalue weighted by molar-refractivity contribution is 1.63. The first-order valence-electron chi connectivity index (χ1n) is 10.9. The lowest BCUT2D eigenvalue weighted by Gasteiger charge is -2.00. The van der Waals surface area contributed by atoms with E-state index in [9.17, 15) is 0 Å². The monoisotopic (exact) mass is 480 g/mol. The summed E-state index contributed by atoms with van der Waals surface area (Å²) in [7, 11) is -0.691. The van der Waals surface area contributed by atoms with E-state index >= 15 is 0 Å². The summed E-state index contributed by atoms with van der Waals surface area (Å²) in [4.78, 5) is 0. The SMILES string of the molecule is C[Si](C)CC#Cc1cc2sc3cc4c(cc3c2cc1C#CC[Si](C)C)sc1ccccc14. The van der Waals surface area contributed by atoms with Crippen LogP contribution in [-0.2, 0) is 0 Å². The Morgan fingerprint density at radius 1 is 0.594 bits per heavy atom. The van der Waals surface area contributed by atoms with Gasteiger partial charge in [-0.1, -0.05) is 56.2 Å². The van der Waals surface area contributed by atoms with Crippen molar-refractivity contribution in [1.82, 2.24) is 0 Å². The molecule has 0 aliphatic carbocycles. The topological polar surface area (TPSA) is 0 Å². The Balaban J connectivity index is 1.72. The Labute approximate surface area is 201 Å². The van der Waals surface area contributed by atoms with Gasteiger partial charge in [0.2, 0.25) is 0 Å². The van der Waals surface area contributed by atoms with Crippen LogP contribution in [-0.4, -0.2) is 17.6 Å². The van der Waals surface area contributed by atoms with Crippen molar-refractivity contribution >= 4 is 80.6 Å². The van der Waals surface area contributed by atoms with Gasteiger partial charge in [0.15, 0.2) is 0 Å². The second-order valence-electron chi connectivity index (χ2n) is 8.81. The van der Waals surface area contributed by atoms with Crippen molar-refractivity contribution in [3.63, 3.8) is 0 Å². The Kier molecular flexibility index (Phi) is 5.97. The van der Waals surface area contributed by atoms with E-state index in [-0.39, 0.29) is 17.6 Å². The largest absolute Gasteiger partial charge is 0.135 e. The second-order valence-corrected chi connectivity index (χ2v) is 16.5. The molecule has 3 aromatic carbocycles. The molecule has 0 N–H and O–H groups in total. The molecule has 0 nitrogen and oxygen atoms in total. The summed E-state index contributed by atoms with van der Waals surface area (Å²) in [5.41, 5.74) is 2.18. The summed E-state index contributed by atoms with van der Waals surface area (Å²) < 4.78 is 5.38. The fraction of sp³-hybridized carbons (Fsp3) is 0.214. The summed E-state index contributed by atoms with van der Waals surface area (Å²) in [5.74, 6) is 13.8. The molecular weight excluding hydrogens is 457 g/mol. The van der Waals surface area contributed by atoms with Crippen molar-refractivity contribution in [2.75, 3.05) is 0 Å². The molecule has 4 heteroatoms. The summed E-state index contributed by atoms with van der Waals surface area (Å²) in [5, 5.41) is 5.38. The van der Waals surface area contributed by atoms with Gasteiger partial charge in [-0.05, 0) is 30.3 Å². The summed E-state index contributed by atoms with van der Waals surface area (Å²) in [6, 6.07) is 20.1. The predicted octanol–water partition coefficient (Wildman–Crippen LogP) is 8.63. The van der Waals surface area contributed by atoms with Gasteiger partial charge in [-0.3, -0.25) is 0 Å². The Morgan fingerprint density at radius 3 is 1.75 bits per heavy atom. The van der Waals surface area contributed by atoms with Crippen LogP contribution in [0.5, 0.6) is 0 Å². The predicted molar refractivity (Wildman–Crippen MR) is 151 cm³/mol. The third-order valence-corrected chi connectivity index (χ3v) is 9.46. The first-order valence-corrected chi connectivity index (χ1v) is 17.9. The quantitative estimate of drug-likeness (QED) is 0.175. The van der Waals surface area contributed by atoms with Crippen LogP contribution in [0.4, 0.5) is 0 Å². The van der Waals surface area contributed by atoms with Gasteiger partial charge in [-0.25, -0.2) is 0 Å². The van der Waals surface area contributed by atoms with E-state index in [1.54, 1.807) is 0 Å². The van der Waals surface area contributed by atoms with Crippen molar-refractivity contribution in [3.8, 4) is 23.7 Å². The molecule has 0 bridgehead atoms. The van der Waals surface area contributed by atoms with Crippen LogP contribution in [0.1, 0.15) is 11.1 Å². The fourth-order valence-electron chi connectivity index (χ4n) is 3.88. The average molecular weight is 481 g/mol. The van der Waals surface area contributed by atoms with Crippen LogP contribution in [0.2, 0.25) is 38.3 Å². The van der Waals surface area contributed by atoms with Crippen molar-refractivity contribution in [3.05, 3.63) is 59.7 Å². The third-order valence-electron chi connectivity index (χ3n) is 5.44. The second kappa shape index (κ2) is 8.89. The van der Waals surface area contributed by atoms with Crippen molar-refractivity contribution in [1.29, 1.82) is 0 Å². The van der Waals surface area contributed by atoms with Gasteiger partial charge in [0.05, 0.1) is 17.6 Å². The van der Waals surface area contributed by atoms with Crippen LogP contribution in [0, 0.1) is 23.7 Å². The maximum Gasteiger partial charge on any atom is 0.0556 e. The zero-order chi connectivity index (χ0) is 22.2. The van der Waals surface area contributed by atoms with Crippen LogP contribution in [0.3, 0.4) is 0 Å². The third kappa shape index (κ3) is 4.17. The van der Waals surface area contributed by atoms with Gasteiger partial charge >= 0.3 is 0 Å². The van der Waals surface area contributed by atoms with Gasteiger partial charge in [-0.15, -0.1) is 34.5 Å². The molecule has 0 atom stereocenters. The van der Waals surface area contributed by atoms with E-state index in [1.165, 1.54) is 40.3 Å². The summed E-state index contributed by atoms with van der Waals surface area (Å²) in [6.07, 6.45) is 0. The number of fused-ring (bicyclic) bond motifs is 6. The van der Waals surface area contributed by atoms with Gasteiger partial charge in [0.1, 0.15) is 0 Å². The molecule has 0 saturated heterocycles. The minimum absolute atomic E-state index is 0.342. The van der Waals surface area contributed by atoms with Crippen molar-refractivity contribution < 1.29 is 0 Å². The maximum absolute atomic E-state index is 3.48. The standard InChI is InChI=1S/C28H24S2Si2/c1-31(2)13-7-9-19-15-22-24-18-27-23(21-11-5-6-12-25(21)29-27)17-28(24)30-26(22)16-20(19)10-8-14-32(3)4/h5-6,11-12,15-18H,13-14H2,1-4H3. The van der Waals surface area contributed by atoms with Crippen LogP contribution in [0.15, 0.2) is 48.5 Å². The van der Waals surface area contributed by atoms with Crippen molar-refractivity contribution in [2.24, 2.45) is 0 Å². The number of benzene rings is 3. The van der Waals surface area contributed by atoms with E-state index in [2.05, 4.69) is 98.4 Å². The van der Waals surface area contributed by atoms with Crippen molar-refractivity contribution in [2.45, 2.75) is 38.3 Å². The average Bonchev–Trinajstić information content (AvgIpc) is 3.28. The Bertz CT molecular complexity index is 1590. The number of hydrogen-bond acceptors (Lipinski definition) is 2. The minimum Gasteiger partial charge on any atom is -0.135 e. The number of rotatable bonds is 2. The zero-order valence-corrected chi connectivity index (χ0v) is 22.5. The van der Waals surface area contributed by atoms with Crippen LogP contribution >= 0.6 is 22.7 Å². The Hall–Kier alpha value is -2.35. The van der Waals surface area contributed by atoms with Gasteiger partial charge < -0.3 is 0 Å². The molecule has 0 aliphatic rings. The van der Waals surface area contributed by atoms with Gasteiger partial charge in [-0.2, -0.15) is 0 Å². The summed E-state index contributed by atoms with van der Waals surface area (Å²) >= 11 is 3.77. The molecule has 0 spiro atoms. The molecule has 32 heavy (non-hydrogen) atoms. The van der Waals surface area contributed by atoms with Crippen LogP contribution in [0.25, 0.3) is 40.3 Å². The molecular formula is C28H24S2Si2. The van der Waals surface area contributed by atoms with E-state index in [0.717, 1.165) is 23.2 Å². The first-order chi connectivity index (χ1) is 15.5. The highest BCUT2D eigenvalue weighted by molar-refractivity contribution is 7.27. The number of thiophene rings is 2. The minimum atomic E-state index is -0.349. The lowest BCUT2D eigenvalue weighted by Crippen LogP contribution is -1.96. The van der Waals surface area contributed by atoms with Crippen LogP contribution < -0.4 is 0 Å². The van der Waals surface area contributed by atoms with E-state index < -0.39 is 0 Å². The fourth-order valence-corrected chi connectivity index (χ4v) is 7.04. The Morgan fingerprint density at radius 2 is 1.09 bits per heavy atom. The van der Waals surface area contributed by atoms with E-state index in [4.69, 9.17) is 0 Å². The van der Waals surface area contributed by atoms with E-state index in [0.29, 0.717) is 0 Å². The molecule has 2 heterocycles. The van der Waals surface area contributed by atoms with Gasteiger partial charge in [0.25, 0.3) is 0 Å². The normalized spacial score (nSPS) is 11.4. The molecule has 0 aliphatic heterocycles. The highest BCUT2D eigenvalue weighted by atomic mass is 32.1. The van der Waals surface area contributed by atoms with Gasteiger partial charge in [0, 0.05) is 63.6 Å². The highest BCUT2D eigenvalue weighted by Gasteiger charge is 2.12. The maximum atomic E-state index is 3.48.